The highest BCUT2D eigenvalue weighted by molar-refractivity contribution is 5.79. The van der Waals surface area contributed by atoms with E-state index < -0.39 is 0 Å². The van der Waals surface area contributed by atoms with E-state index >= 15 is 0 Å². The first-order chi connectivity index (χ1) is 14.2. The van der Waals surface area contributed by atoms with Gasteiger partial charge < -0.3 is 24.3 Å². The van der Waals surface area contributed by atoms with Crippen LogP contribution >= 0.6 is 0 Å². The standard InChI is InChI=1S/C23H25NO5/c25-23(12-15-1-7-20-16(11-15)9-10-26-20)24-17-2-4-18(5-3-17)29-19-6-8-21-22(13-19)28-14-27-21/h1,6-8,11,13,17-18H,2-5,9-10,12,14H2,(H,24,25). The minimum Gasteiger partial charge on any atom is -0.493 e. The summed E-state index contributed by atoms with van der Waals surface area (Å²) in [5.74, 6) is 3.35. The number of carbonyl (C=O) groups is 1. The highest BCUT2D eigenvalue weighted by atomic mass is 16.7. The molecule has 1 amide bonds. The van der Waals surface area contributed by atoms with Gasteiger partial charge in [0.1, 0.15) is 11.5 Å². The molecule has 0 spiro atoms. The van der Waals surface area contributed by atoms with Crippen molar-refractivity contribution < 1.29 is 23.7 Å². The highest BCUT2D eigenvalue weighted by Crippen LogP contribution is 2.36. The van der Waals surface area contributed by atoms with Gasteiger partial charge in [-0.25, -0.2) is 0 Å². The van der Waals surface area contributed by atoms with Crippen LogP contribution in [0, 0.1) is 0 Å². The Labute approximate surface area is 170 Å². The number of nitrogens with one attached hydrogen (secondary N) is 1. The van der Waals surface area contributed by atoms with Gasteiger partial charge in [0.05, 0.1) is 19.1 Å². The second kappa shape index (κ2) is 7.85. The molecule has 29 heavy (non-hydrogen) atoms. The van der Waals surface area contributed by atoms with Crippen molar-refractivity contribution in [3.8, 4) is 23.0 Å². The minimum atomic E-state index is 0.0870. The molecule has 152 valence electrons. The number of carbonyl (C=O) groups excluding carboxylic acids is 1. The largest absolute Gasteiger partial charge is 0.493 e. The SMILES string of the molecule is O=C(Cc1ccc2c(c1)CCO2)NC1CCC(Oc2ccc3c(c2)OCO3)CC1. The molecule has 0 aromatic heterocycles. The van der Waals surface area contributed by atoms with E-state index in [1.807, 2.05) is 30.3 Å². The summed E-state index contributed by atoms with van der Waals surface area (Å²) in [6.07, 6.45) is 5.22. The molecule has 1 aliphatic carbocycles. The molecule has 0 atom stereocenters. The molecule has 1 N–H and O–H groups in total. The smallest absolute Gasteiger partial charge is 0.231 e. The Hall–Kier alpha value is -2.89. The van der Waals surface area contributed by atoms with Crippen molar-refractivity contribution in [3.05, 3.63) is 47.5 Å². The highest BCUT2D eigenvalue weighted by Gasteiger charge is 2.24. The van der Waals surface area contributed by atoms with Crippen LogP contribution in [0.2, 0.25) is 0 Å². The van der Waals surface area contributed by atoms with Crippen LogP contribution < -0.4 is 24.3 Å². The van der Waals surface area contributed by atoms with Crippen molar-refractivity contribution in [1.82, 2.24) is 5.32 Å². The number of benzene rings is 2. The van der Waals surface area contributed by atoms with Gasteiger partial charge in [0.25, 0.3) is 0 Å². The first-order valence-electron chi connectivity index (χ1n) is 10.3. The lowest BCUT2D eigenvalue weighted by atomic mass is 9.92. The Morgan fingerprint density at radius 1 is 0.966 bits per heavy atom. The lowest BCUT2D eigenvalue weighted by Crippen LogP contribution is -2.40. The van der Waals surface area contributed by atoms with Gasteiger partial charge in [-0.15, -0.1) is 0 Å². The average molecular weight is 395 g/mol. The summed E-state index contributed by atoms with van der Waals surface area (Å²) in [5, 5.41) is 3.19. The normalized spacial score (nSPS) is 21.9. The predicted molar refractivity (Wildman–Crippen MR) is 107 cm³/mol. The van der Waals surface area contributed by atoms with Crippen LogP contribution in [-0.2, 0) is 17.6 Å². The zero-order valence-corrected chi connectivity index (χ0v) is 16.3. The maximum Gasteiger partial charge on any atom is 0.231 e. The second-order valence-corrected chi connectivity index (χ2v) is 7.89. The van der Waals surface area contributed by atoms with Crippen molar-refractivity contribution in [2.45, 2.75) is 50.7 Å². The first-order valence-corrected chi connectivity index (χ1v) is 10.3. The fraction of sp³-hybridized carbons (Fsp3) is 0.435. The zero-order chi connectivity index (χ0) is 19.6. The lowest BCUT2D eigenvalue weighted by molar-refractivity contribution is -0.121. The van der Waals surface area contributed by atoms with Gasteiger partial charge in [-0.1, -0.05) is 12.1 Å². The second-order valence-electron chi connectivity index (χ2n) is 7.89. The third kappa shape index (κ3) is 4.11. The molecule has 2 heterocycles. The van der Waals surface area contributed by atoms with E-state index in [0.717, 1.165) is 67.3 Å². The zero-order valence-electron chi connectivity index (χ0n) is 16.3. The third-order valence-electron chi connectivity index (χ3n) is 5.80. The van der Waals surface area contributed by atoms with Gasteiger partial charge in [-0.3, -0.25) is 4.79 Å². The summed E-state index contributed by atoms with van der Waals surface area (Å²) in [6.45, 7) is 1.01. The van der Waals surface area contributed by atoms with Crippen LogP contribution in [-0.4, -0.2) is 31.5 Å². The van der Waals surface area contributed by atoms with E-state index in [4.69, 9.17) is 18.9 Å². The molecular formula is C23H25NO5. The summed E-state index contributed by atoms with van der Waals surface area (Å²) >= 11 is 0. The van der Waals surface area contributed by atoms with Gasteiger partial charge >= 0.3 is 0 Å². The van der Waals surface area contributed by atoms with E-state index in [0.29, 0.717) is 6.42 Å². The monoisotopic (exact) mass is 395 g/mol. The topological polar surface area (TPSA) is 66.0 Å². The summed E-state index contributed by atoms with van der Waals surface area (Å²) in [6, 6.07) is 12.0. The third-order valence-corrected chi connectivity index (χ3v) is 5.80. The average Bonchev–Trinajstić information content (AvgIpc) is 3.37. The van der Waals surface area contributed by atoms with E-state index in [9.17, 15) is 4.79 Å². The number of amides is 1. The quantitative estimate of drug-likeness (QED) is 0.841. The van der Waals surface area contributed by atoms with Gasteiger partial charge in [0.2, 0.25) is 12.7 Å². The fourth-order valence-corrected chi connectivity index (χ4v) is 4.28. The van der Waals surface area contributed by atoms with Crippen molar-refractivity contribution >= 4 is 5.91 Å². The Balaban J connectivity index is 1.09. The van der Waals surface area contributed by atoms with Crippen LogP contribution in [0.1, 0.15) is 36.8 Å². The maximum absolute atomic E-state index is 12.5. The predicted octanol–water partition coefficient (Wildman–Crippen LogP) is 3.40. The molecule has 5 rings (SSSR count). The maximum atomic E-state index is 12.5. The van der Waals surface area contributed by atoms with Crippen LogP contribution in [0.4, 0.5) is 0 Å². The van der Waals surface area contributed by atoms with Crippen molar-refractivity contribution in [1.29, 1.82) is 0 Å². The van der Waals surface area contributed by atoms with E-state index in [1.165, 1.54) is 5.56 Å². The van der Waals surface area contributed by atoms with Crippen LogP contribution in [0.15, 0.2) is 36.4 Å². The molecule has 0 bridgehead atoms. The van der Waals surface area contributed by atoms with Crippen LogP contribution in [0.5, 0.6) is 23.0 Å². The molecule has 1 fully saturated rings. The van der Waals surface area contributed by atoms with E-state index in [2.05, 4.69) is 11.4 Å². The van der Waals surface area contributed by atoms with Gasteiger partial charge in [-0.05, 0) is 55.0 Å². The van der Waals surface area contributed by atoms with E-state index in [-0.39, 0.29) is 24.8 Å². The van der Waals surface area contributed by atoms with Crippen molar-refractivity contribution in [2.24, 2.45) is 0 Å². The molecule has 6 nitrogen and oxygen atoms in total. The number of hydrogen-bond acceptors (Lipinski definition) is 5. The molecule has 0 unspecified atom stereocenters. The first kappa shape index (κ1) is 18.2. The molecule has 2 aliphatic heterocycles. The van der Waals surface area contributed by atoms with E-state index in [1.54, 1.807) is 0 Å². The molecule has 0 saturated heterocycles. The Kier molecular flexibility index (Phi) is 4.92. The Morgan fingerprint density at radius 3 is 2.69 bits per heavy atom. The number of fused-ring (bicyclic) bond motifs is 2. The van der Waals surface area contributed by atoms with Gasteiger partial charge in [0, 0.05) is 18.5 Å². The summed E-state index contributed by atoms with van der Waals surface area (Å²) in [7, 11) is 0. The van der Waals surface area contributed by atoms with Crippen LogP contribution in [0.3, 0.4) is 0 Å². The Bertz CT molecular complexity index is 904. The summed E-state index contributed by atoms with van der Waals surface area (Å²) in [5.41, 5.74) is 2.25. The minimum absolute atomic E-state index is 0.0870. The van der Waals surface area contributed by atoms with Gasteiger partial charge in [0.15, 0.2) is 11.5 Å². The molecule has 1 saturated carbocycles. The molecule has 6 heteroatoms. The summed E-state index contributed by atoms with van der Waals surface area (Å²) < 4.78 is 22.4. The number of ether oxygens (including phenoxy) is 4. The van der Waals surface area contributed by atoms with Crippen LogP contribution in [0.25, 0.3) is 0 Å². The molecule has 3 aliphatic rings. The van der Waals surface area contributed by atoms with Crippen molar-refractivity contribution in [2.75, 3.05) is 13.4 Å². The number of rotatable bonds is 5. The van der Waals surface area contributed by atoms with Crippen molar-refractivity contribution in [3.63, 3.8) is 0 Å². The number of hydrogen-bond donors (Lipinski definition) is 1. The molecule has 2 aromatic rings. The molecule has 2 aromatic carbocycles. The Morgan fingerprint density at radius 2 is 1.79 bits per heavy atom. The fourth-order valence-electron chi connectivity index (χ4n) is 4.28. The lowest BCUT2D eigenvalue weighted by Gasteiger charge is -2.29. The summed E-state index contributed by atoms with van der Waals surface area (Å²) in [4.78, 5) is 12.5. The molecule has 0 radical (unpaired) electrons. The van der Waals surface area contributed by atoms with Gasteiger partial charge in [-0.2, -0.15) is 0 Å². The molecular weight excluding hydrogens is 370 g/mol.